The highest BCUT2D eigenvalue weighted by Gasteiger charge is 2.08. The SMILES string of the molecule is CC(CO)NC(=O)Nc1cc(F)ccc1Br. The monoisotopic (exact) mass is 290 g/mol. The number of benzene rings is 1. The van der Waals surface area contributed by atoms with E-state index in [1.54, 1.807) is 6.92 Å². The lowest BCUT2D eigenvalue weighted by atomic mass is 10.3. The lowest BCUT2D eigenvalue weighted by Gasteiger charge is -2.12. The third kappa shape index (κ3) is 3.79. The Hall–Kier alpha value is -1.14. The Morgan fingerprint density at radius 2 is 2.31 bits per heavy atom. The number of carbonyl (C=O) groups excluding carboxylic acids is 1. The molecule has 0 aliphatic heterocycles. The average Bonchev–Trinajstić information content (AvgIpc) is 2.23. The van der Waals surface area contributed by atoms with Crippen LogP contribution in [0.15, 0.2) is 22.7 Å². The first-order valence-corrected chi connectivity index (χ1v) is 5.45. The van der Waals surface area contributed by atoms with E-state index in [0.717, 1.165) is 0 Å². The van der Waals surface area contributed by atoms with Crippen molar-refractivity contribution in [2.24, 2.45) is 0 Å². The van der Waals surface area contributed by atoms with Crippen LogP contribution >= 0.6 is 15.9 Å². The molecule has 1 aromatic rings. The summed E-state index contributed by atoms with van der Waals surface area (Å²) >= 11 is 3.18. The molecule has 0 aliphatic carbocycles. The quantitative estimate of drug-likeness (QED) is 0.798. The Morgan fingerprint density at radius 3 is 2.94 bits per heavy atom. The van der Waals surface area contributed by atoms with E-state index < -0.39 is 11.8 Å². The van der Waals surface area contributed by atoms with Crippen LogP contribution in [0.3, 0.4) is 0 Å². The van der Waals surface area contributed by atoms with E-state index in [0.29, 0.717) is 10.2 Å². The minimum atomic E-state index is -0.493. The lowest BCUT2D eigenvalue weighted by Crippen LogP contribution is -2.38. The largest absolute Gasteiger partial charge is 0.394 e. The van der Waals surface area contributed by atoms with E-state index in [1.165, 1.54) is 18.2 Å². The summed E-state index contributed by atoms with van der Waals surface area (Å²) in [5.74, 6) is -0.436. The van der Waals surface area contributed by atoms with Gasteiger partial charge in [-0.2, -0.15) is 0 Å². The van der Waals surface area contributed by atoms with Gasteiger partial charge in [-0.1, -0.05) is 0 Å². The average molecular weight is 291 g/mol. The zero-order valence-corrected chi connectivity index (χ0v) is 10.2. The smallest absolute Gasteiger partial charge is 0.319 e. The van der Waals surface area contributed by atoms with Gasteiger partial charge in [0.2, 0.25) is 0 Å². The zero-order valence-electron chi connectivity index (χ0n) is 8.63. The third-order valence-electron chi connectivity index (χ3n) is 1.83. The highest BCUT2D eigenvalue weighted by atomic mass is 79.9. The first-order chi connectivity index (χ1) is 7.52. The second kappa shape index (κ2) is 5.81. The first-order valence-electron chi connectivity index (χ1n) is 4.66. The molecule has 6 heteroatoms. The molecule has 0 saturated carbocycles. The molecule has 0 radical (unpaired) electrons. The fourth-order valence-electron chi connectivity index (χ4n) is 1.02. The molecular formula is C10H12BrFN2O2. The molecule has 1 atom stereocenters. The number of aliphatic hydroxyl groups excluding tert-OH is 1. The maximum absolute atomic E-state index is 12.9. The number of urea groups is 1. The predicted octanol–water partition coefficient (Wildman–Crippen LogP) is 2.09. The molecular weight excluding hydrogens is 279 g/mol. The van der Waals surface area contributed by atoms with Crippen molar-refractivity contribution in [2.75, 3.05) is 11.9 Å². The summed E-state index contributed by atoms with van der Waals surface area (Å²) < 4.78 is 13.5. The second-order valence-corrected chi connectivity index (χ2v) is 4.16. The van der Waals surface area contributed by atoms with Gasteiger partial charge in [0.25, 0.3) is 0 Å². The Bertz CT molecular complexity index is 387. The maximum atomic E-state index is 12.9. The van der Waals surface area contributed by atoms with Crippen molar-refractivity contribution >= 4 is 27.6 Å². The molecule has 0 aromatic heterocycles. The van der Waals surface area contributed by atoms with Gasteiger partial charge in [-0.3, -0.25) is 0 Å². The molecule has 0 aliphatic rings. The van der Waals surface area contributed by atoms with Gasteiger partial charge in [-0.15, -0.1) is 0 Å². The van der Waals surface area contributed by atoms with Gasteiger partial charge in [0, 0.05) is 4.47 Å². The minimum absolute atomic E-state index is 0.155. The highest BCUT2D eigenvalue weighted by Crippen LogP contribution is 2.22. The third-order valence-corrected chi connectivity index (χ3v) is 2.52. The molecule has 0 bridgehead atoms. The molecule has 0 saturated heterocycles. The summed E-state index contributed by atoms with van der Waals surface area (Å²) in [6.45, 7) is 1.50. The van der Waals surface area contributed by atoms with Gasteiger partial charge in [0.05, 0.1) is 18.3 Å². The Kier molecular flexibility index (Phi) is 4.70. The number of rotatable bonds is 3. The molecule has 2 amide bonds. The van der Waals surface area contributed by atoms with Crippen LogP contribution in [0.1, 0.15) is 6.92 Å². The van der Waals surface area contributed by atoms with Crippen molar-refractivity contribution in [3.8, 4) is 0 Å². The molecule has 4 nitrogen and oxygen atoms in total. The fourth-order valence-corrected chi connectivity index (χ4v) is 1.37. The summed E-state index contributed by atoms with van der Waals surface area (Å²) in [5.41, 5.74) is 0.336. The lowest BCUT2D eigenvalue weighted by molar-refractivity contribution is 0.229. The topological polar surface area (TPSA) is 61.4 Å². The van der Waals surface area contributed by atoms with Crippen molar-refractivity contribution in [1.29, 1.82) is 0 Å². The van der Waals surface area contributed by atoms with Crippen LogP contribution < -0.4 is 10.6 Å². The van der Waals surface area contributed by atoms with Crippen molar-refractivity contribution in [2.45, 2.75) is 13.0 Å². The number of hydrogen-bond acceptors (Lipinski definition) is 2. The van der Waals surface area contributed by atoms with Gasteiger partial charge in [0.15, 0.2) is 0 Å². The van der Waals surface area contributed by atoms with Crippen LogP contribution in [0.2, 0.25) is 0 Å². The van der Waals surface area contributed by atoms with Gasteiger partial charge < -0.3 is 15.7 Å². The van der Waals surface area contributed by atoms with Crippen LogP contribution in [-0.2, 0) is 0 Å². The number of nitrogens with one attached hydrogen (secondary N) is 2. The standard InChI is InChI=1S/C10H12BrFN2O2/c1-6(5-15)13-10(16)14-9-4-7(12)2-3-8(9)11/h2-4,6,15H,5H2,1H3,(H2,13,14,16). The van der Waals surface area contributed by atoms with Crippen LogP contribution in [0.25, 0.3) is 0 Å². The molecule has 1 rings (SSSR count). The summed E-state index contributed by atoms with van der Waals surface area (Å²) in [7, 11) is 0. The molecule has 0 heterocycles. The molecule has 1 unspecified atom stereocenters. The Morgan fingerprint density at radius 1 is 1.62 bits per heavy atom. The number of amides is 2. The van der Waals surface area contributed by atoms with Crippen molar-refractivity contribution in [3.63, 3.8) is 0 Å². The number of anilines is 1. The van der Waals surface area contributed by atoms with Gasteiger partial charge in [0.1, 0.15) is 5.82 Å². The van der Waals surface area contributed by atoms with Crippen molar-refractivity contribution < 1.29 is 14.3 Å². The zero-order chi connectivity index (χ0) is 12.1. The van der Waals surface area contributed by atoms with Crippen LogP contribution in [-0.4, -0.2) is 23.8 Å². The molecule has 0 fully saturated rings. The molecule has 0 spiro atoms. The van der Waals surface area contributed by atoms with E-state index in [2.05, 4.69) is 26.6 Å². The highest BCUT2D eigenvalue weighted by molar-refractivity contribution is 9.10. The minimum Gasteiger partial charge on any atom is -0.394 e. The first kappa shape index (κ1) is 12.9. The summed E-state index contributed by atoms with van der Waals surface area (Å²) in [5, 5.41) is 13.7. The number of halogens is 2. The Balaban J connectivity index is 2.65. The van der Waals surface area contributed by atoms with Gasteiger partial charge >= 0.3 is 6.03 Å². The normalized spacial score (nSPS) is 12.0. The maximum Gasteiger partial charge on any atom is 0.319 e. The van der Waals surface area contributed by atoms with Gasteiger partial charge in [-0.25, -0.2) is 9.18 Å². The van der Waals surface area contributed by atoms with Crippen molar-refractivity contribution in [3.05, 3.63) is 28.5 Å². The van der Waals surface area contributed by atoms with E-state index in [4.69, 9.17) is 5.11 Å². The van der Waals surface area contributed by atoms with Crippen LogP contribution in [0.5, 0.6) is 0 Å². The summed E-state index contributed by atoms with van der Waals surface area (Å²) in [6.07, 6.45) is 0. The van der Waals surface area contributed by atoms with Gasteiger partial charge in [-0.05, 0) is 41.1 Å². The summed E-state index contributed by atoms with van der Waals surface area (Å²) in [6, 6.07) is 3.14. The molecule has 1 aromatic carbocycles. The van der Waals surface area contributed by atoms with Crippen LogP contribution in [0, 0.1) is 5.82 Å². The number of hydrogen-bond donors (Lipinski definition) is 3. The van der Waals surface area contributed by atoms with E-state index in [9.17, 15) is 9.18 Å². The molecule has 16 heavy (non-hydrogen) atoms. The van der Waals surface area contributed by atoms with Crippen LogP contribution in [0.4, 0.5) is 14.9 Å². The fraction of sp³-hybridized carbons (Fsp3) is 0.300. The number of carbonyl (C=O) groups is 1. The van der Waals surface area contributed by atoms with E-state index in [-0.39, 0.29) is 12.6 Å². The predicted molar refractivity (Wildman–Crippen MR) is 62.8 cm³/mol. The van der Waals surface area contributed by atoms with Crippen molar-refractivity contribution in [1.82, 2.24) is 5.32 Å². The number of aliphatic hydroxyl groups is 1. The molecule has 88 valence electrons. The summed E-state index contributed by atoms with van der Waals surface area (Å²) in [4.78, 5) is 11.4. The Labute approximate surface area is 101 Å². The van der Waals surface area contributed by atoms with E-state index in [1.807, 2.05) is 0 Å². The second-order valence-electron chi connectivity index (χ2n) is 3.31. The molecule has 3 N–H and O–H groups in total. The van der Waals surface area contributed by atoms with E-state index >= 15 is 0 Å².